The first-order valence-electron chi connectivity index (χ1n) is 7.16. The minimum atomic E-state index is -0.841. The van der Waals surface area contributed by atoms with Crippen molar-refractivity contribution < 1.29 is 14.7 Å². The Morgan fingerprint density at radius 2 is 1.75 bits per heavy atom. The lowest BCUT2D eigenvalue weighted by Crippen LogP contribution is -2.51. The second kappa shape index (κ2) is 6.55. The molecule has 1 aliphatic carbocycles. The number of rotatable bonds is 5. The van der Waals surface area contributed by atoms with Crippen LogP contribution in [0.1, 0.15) is 44.1 Å². The number of benzene rings is 1. The van der Waals surface area contributed by atoms with E-state index in [2.05, 4.69) is 5.32 Å². The zero-order chi connectivity index (χ0) is 14.4. The summed E-state index contributed by atoms with van der Waals surface area (Å²) in [5, 5.41) is 12.1. The van der Waals surface area contributed by atoms with Gasteiger partial charge in [-0.3, -0.25) is 9.59 Å². The molecule has 0 radical (unpaired) electrons. The summed E-state index contributed by atoms with van der Waals surface area (Å²) in [5.41, 5.74) is 0.405. The van der Waals surface area contributed by atoms with Crippen LogP contribution >= 0.6 is 0 Å². The van der Waals surface area contributed by atoms with E-state index >= 15 is 0 Å². The Bertz CT molecular complexity index is 464. The highest BCUT2D eigenvalue weighted by Gasteiger charge is 2.35. The van der Waals surface area contributed by atoms with E-state index in [1.54, 1.807) is 0 Å². The highest BCUT2D eigenvalue weighted by atomic mass is 16.4. The van der Waals surface area contributed by atoms with Gasteiger partial charge in [-0.1, -0.05) is 49.6 Å². The normalized spacial score (nSPS) is 17.4. The molecule has 1 amide bonds. The largest absolute Gasteiger partial charge is 0.481 e. The van der Waals surface area contributed by atoms with Gasteiger partial charge in [0.25, 0.3) is 0 Å². The lowest BCUT2D eigenvalue weighted by Gasteiger charge is -2.37. The molecule has 0 spiro atoms. The van der Waals surface area contributed by atoms with Crippen LogP contribution in [-0.2, 0) is 16.0 Å². The van der Waals surface area contributed by atoms with Crippen molar-refractivity contribution in [1.29, 1.82) is 0 Å². The molecule has 0 atom stereocenters. The second-order valence-corrected chi connectivity index (χ2v) is 5.62. The number of hydrogen-bond donors (Lipinski definition) is 2. The monoisotopic (exact) mass is 275 g/mol. The molecule has 2 rings (SSSR count). The van der Waals surface area contributed by atoms with Crippen molar-refractivity contribution in [2.75, 3.05) is 0 Å². The van der Waals surface area contributed by atoms with Gasteiger partial charge < -0.3 is 10.4 Å². The van der Waals surface area contributed by atoms with E-state index in [9.17, 15) is 9.59 Å². The Labute approximate surface area is 119 Å². The highest BCUT2D eigenvalue weighted by molar-refractivity contribution is 5.80. The maximum Gasteiger partial charge on any atom is 0.305 e. The Balaban J connectivity index is 2.00. The molecule has 1 fully saturated rings. The molecule has 0 aromatic heterocycles. The van der Waals surface area contributed by atoms with Crippen LogP contribution in [0.5, 0.6) is 0 Å². The maximum atomic E-state index is 12.2. The summed E-state index contributed by atoms with van der Waals surface area (Å²) in [5.74, 6) is -0.925. The number of carboxylic acid groups (broad SMARTS) is 1. The van der Waals surface area contributed by atoms with E-state index in [0.29, 0.717) is 6.42 Å². The van der Waals surface area contributed by atoms with Crippen LogP contribution in [0.2, 0.25) is 0 Å². The van der Waals surface area contributed by atoms with Crippen molar-refractivity contribution in [3.8, 4) is 0 Å². The third-order valence-corrected chi connectivity index (χ3v) is 3.91. The SMILES string of the molecule is O=C(O)CC1(NC(=O)Cc2ccccc2)CCCCC1. The molecular formula is C16H21NO3. The topological polar surface area (TPSA) is 66.4 Å². The number of nitrogens with one attached hydrogen (secondary N) is 1. The molecule has 4 nitrogen and oxygen atoms in total. The fraction of sp³-hybridized carbons (Fsp3) is 0.500. The summed E-state index contributed by atoms with van der Waals surface area (Å²) in [6, 6.07) is 9.52. The third kappa shape index (κ3) is 4.08. The van der Waals surface area contributed by atoms with Crippen molar-refractivity contribution in [1.82, 2.24) is 5.32 Å². The summed E-state index contributed by atoms with van der Waals surface area (Å²) < 4.78 is 0. The predicted octanol–water partition coefficient (Wildman–Crippen LogP) is 2.52. The summed E-state index contributed by atoms with van der Waals surface area (Å²) in [4.78, 5) is 23.2. The van der Waals surface area contributed by atoms with E-state index in [1.165, 1.54) is 0 Å². The van der Waals surface area contributed by atoms with Crippen molar-refractivity contribution in [2.24, 2.45) is 0 Å². The smallest absolute Gasteiger partial charge is 0.305 e. The molecule has 4 heteroatoms. The van der Waals surface area contributed by atoms with Crippen molar-refractivity contribution in [3.63, 3.8) is 0 Å². The van der Waals surface area contributed by atoms with Gasteiger partial charge in [0.15, 0.2) is 0 Å². The molecule has 0 saturated heterocycles. The number of amides is 1. The Kier molecular flexibility index (Phi) is 4.77. The van der Waals surface area contributed by atoms with Gasteiger partial charge in [0.2, 0.25) is 5.91 Å². The molecular weight excluding hydrogens is 254 g/mol. The lowest BCUT2D eigenvalue weighted by molar-refractivity contribution is -0.139. The molecule has 0 bridgehead atoms. The first-order valence-corrected chi connectivity index (χ1v) is 7.16. The maximum absolute atomic E-state index is 12.2. The van der Waals surface area contributed by atoms with Gasteiger partial charge in [-0.2, -0.15) is 0 Å². The predicted molar refractivity (Wildman–Crippen MR) is 76.4 cm³/mol. The van der Waals surface area contributed by atoms with Crippen molar-refractivity contribution in [2.45, 2.75) is 50.5 Å². The van der Waals surface area contributed by atoms with Crippen LogP contribution in [-0.4, -0.2) is 22.5 Å². The fourth-order valence-electron chi connectivity index (χ4n) is 2.99. The van der Waals surface area contributed by atoms with Crippen LogP contribution in [0, 0.1) is 0 Å². The van der Waals surface area contributed by atoms with Gasteiger partial charge >= 0.3 is 5.97 Å². The van der Waals surface area contributed by atoms with Crippen LogP contribution in [0.4, 0.5) is 0 Å². The lowest BCUT2D eigenvalue weighted by atomic mass is 9.79. The van der Waals surface area contributed by atoms with Crippen molar-refractivity contribution >= 4 is 11.9 Å². The Hall–Kier alpha value is -1.84. The molecule has 1 aliphatic rings. The molecule has 0 unspecified atom stereocenters. The highest BCUT2D eigenvalue weighted by Crippen LogP contribution is 2.31. The minimum absolute atomic E-state index is 0.0214. The first-order chi connectivity index (χ1) is 9.60. The average Bonchev–Trinajstić information content (AvgIpc) is 2.39. The van der Waals surface area contributed by atoms with Gasteiger partial charge in [0.1, 0.15) is 0 Å². The Morgan fingerprint density at radius 1 is 1.10 bits per heavy atom. The Morgan fingerprint density at radius 3 is 2.35 bits per heavy atom. The van der Waals surface area contributed by atoms with Gasteiger partial charge in [0, 0.05) is 0 Å². The quantitative estimate of drug-likeness (QED) is 0.867. The molecule has 1 aromatic rings. The standard InChI is InChI=1S/C16H21NO3/c18-14(11-13-7-3-1-4-8-13)17-16(12-15(19)20)9-5-2-6-10-16/h1,3-4,7-8H,2,5-6,9-12H2,(H,17,18)(H,19,20). The molecule has 108 valence electrons. The third-order valence-electron chi connectivity index (χ3n) is 3.91. The van der Waals surface area contributed by atoms with Crippen LogP contribution < -0.4 is 5.32 Å². The summed E-state index contributed by atoms with van der Waals surface area (Å²) in [7, 11) is 0. The fourth-order valence-corrected chi connectivity index (χ4v) is 2.99. The number of carbonyl (C=O) groups excluding carboxylic acids is 1. The van der Waals surface area contributed by atoms with Crippen LogP contribution in [0.3, 0.4) is 0 Å². The summed E-state index contributed by atoms with van der Waals surface area (Å²) in [6.45, 7) is 0. The van der Waals surface area contributed by atoms with Gasteiger partial charge in [0.05, 0.1) is 18.4 Å². The molecule has 2 N–H and O–H groups in total. The summed E-state index contributed by atoms with van der Waals surface area (Å²) >= 11 is 0. The van der Waals surface area contributed by atoms with E-state index in [4.69, 9.17) is 5.11 Å². The molecule has 20 heavy (non-hydrogen) atoms. The van der Waals surface area contributed by atoms with Crippen molar-refractivity contribution in [3.05, 3.63) is 35.9 Å². The van der Waals surface area contributed by atoms with Gasteiger partial charge in [-0.25, -0.2) is 0 Å². The number of aliphatic carboxylic acids is 1. The average molecular weight is 275 g/mol. The second-order valence-electron chi connectivity index (χ2n) is 5.62. The molecule has 0 aliphatic heterocycles. The zero-order valence-corrected chi connectivity index (χ0v) is 11.6. The van der Waals surface area contributed by atoms with Crippen LogP contribution in [0.15, 0.2) is 30.3 Å². The first kappa shape index (κ1) is 14.6. The molecule has 1 saturated carbocycles. The number of carbonyl (C=O) groups is 2. The molecule has 0 heterocycles. The minimum Gasteiger partial charge on any atom is -0.481 e. The number of carboxylic acids is 1. The van der Waals surface area contributed by atoms with Gasteiger partial charge in [-0.15, -0.1) is 0 Å². The van der Waals surface area contributed by atoms with E-state index in [-0.39, 0.29) is 12.3 Å². The molecule has 1 aromatic carbocycles. The summed E-state index contributed by atoms with van der Waals surface area (Å²) in [6.07, 6.45) is 4.95. The van der Waals surface area contributed by atoms with E-state index in [0.717, 1.165) is 37.7 Å². The van der Waals surface area contributed by atoms with E-state index < -0.39 is 11.5 Å². The van der Waals surface area contributed by atoms with Crippen LogP contribution in [0.25, 0.3) is 0 Å². The number of hydrogen-bond acceptors (Lipinski definition) is 2. The zero-order valence-electron chi connectivity index (χ0n) is 11.6. The van der Waals surface area contributed by atoms with Gasteiger partial charge in [-0.05, 0) is 18.4 Å². The van der Waals surface area contributed by atoms with E-state index in [1.807, 2.05) is 30.3 Å².